The Hall–Kier alpha value is -1.55. The van der Waals surface area contributed by atoms with E-state index in [-0.39, 0.29) is 0 Å². The van der Waals surface area contributed by atoms with Crippen molar-refractivity contribution in [2.45, 2.75) is 31.3 Å². The number of hydrogen-bond acceptors (Lipinski definition) is 6. The maximum Gasteiger partial charge on any atom is 0.490 e. The summed E-state index contributed by atoms with van der Waals surface area (Å²) < 4.78 is 42.5. The SMILES string of the molecule is CN1CCN(CCCSc2ccc(C3=CN=CC(C)(C)C3COC(=O)C(F)(F)F)cc2Cl)CC1. The van der Waals surface area contributed by atoms with Gasteiger partial charge in [-0.15, -0.1) is 11.8 Å². The van der Waals surface area contributed by atoms with Crippen molar-refractivity contribution in [2.24, 2.45) is 16.3 Å². The summed E-state index contributed by atoms with van der Waals surface area (Å²) in [6.07, 6.45) is -0.697. The van der Waals surface area contributed by atoms with E-state index in [4.69, 9.17) is 11.6 Å². The van der Waals surface area contributed by atoms with Crippen molar-refractivity contribution in [2.75, 3.05) is 52.1 Å². The zero-order valence-corrected chi connectivity index (χ0v) is 21.3. The van der Waals surface area contributed by atoms with Crippen LogP contribution in [-0.2, 0) is 9.53 Å². The van der Waals surface area contributed by atoms with E-state index in [0.29, 0.717) is 10.6 Å². The van der Waals surface area contributed by atoms with Crippen LogP contribution in [0.2, 0.25) is 5.02 Å². The minimum Gasteiger partial charge on any atom is -0.458 e. The van der Waals surface area contributed by atoms with E-state index < -0.39 is 30.1 Å². The average molecular weight is 518 g/mol. The van der Waals surface area contributed by atoms with Gasteiger partial charge in [0.15, 0.2) is 0 Å². The molecule has 5 nitrogen and oxygen atoms in total. The van der Waals surface area contributed by atoms with Crippen LogP contribution < -0.4 is 0 Å². The van der Waals surface area contributed by atoms with Crippen molar-refractivity contribution < 1.29 is 22.7 Å². The number of benzene rings is 1. The Bertz CT molecular complexity index is 929. The molecule has 1 atom stereocenters. The summed E-state index contributed by atoms with van der Waals surface area (Å²) in [6.45, 7) is 8.77. The lowest BCUT2D eigenvalue weighted by molar-refractivity contribution is -0.200. The zero-order valence-electron chi connectivity index (χ0n) is 19.7. The number of carbonyl (C=O) groups is 1. The number of likely N-dealkylation sites (N-methyl/N-ethyl adjacent to an activating group) is 1. The molecule has 0 amide bonds. The van der Waals surface area contributed by atoms with E-state index in [9.17, 15) is 18.0 Å². The van der Waals surface area contributed by atoms with Crippen molar-refractivity contribution in [3.8, 4) is 0 Å². The molecule has 2 aliphatic rings. The highest BCUT2D eigenvalue weighted by atomic mass is 35.5. The molecule has 0 radical (unpaired) electrons. The maximum absolute atomic E-state index is 12.6. The molecule has 1 aromatic carbocycles. The summed E-state index contributed by atoms with van der Waals surface area (Å²) in [5.74, 6) is -1.73. The van der Waals surface area contributed by atoms with Crippen molar-refractivity contribution in [3.63, 3.8) is 0 Å². The number of hydrogen-bond donors (Lipinski definition) is 0. The van der Waals surface area contributed by atoms with E-state index in [1.165, 1.54) is 0 Å². The van der Waals surface area contributed by atoms with Gasteiger partial charge in [-0.25, -0.2) is 4.79 Å². The van der Waals surface area contributed by atoms with Crippen molar-refractivity contribution in [1.29, 1.82) is 0 Å². The largest absolute Gasteiger partial charge is 0.490 e. The highest BCUT2D eigenvalue weighted by Gasteiger charge is 2.43. The maximum atomic E-state index is 12.6. The molecule has 0 bridgehead atoms. The number of piperazine rings is 1. The predicted octanol–water partition coefficient (Wildman–Crippen LogP) is 5.24. The number of esters is 1. The smallest absolute Gasteiger partial charge is 0.458 e. The van der Waals surface area contributed by atoms with Crippen LogP contribution in [0.1, 0.15) is 25.8 Å². The second-order valence-electron chi connectivity index (χ2n) is 9.32. The quantitative estimate of drug-likeness (QED) is 0.268. The van der Waals surface area contributed by atoms with Crippen LogP contribution in [0.25, 0.3) is 5.57 Å². The molecule has 1 fully saturated rings. The topological polar surface area (TPSA) is 45.1 Å². The van der Waals surface area contributed by atoms with Crippen LogP contribution >= 0.6 is 23.4 Å². The molecule has 1 aromatic rings. The van der Waals surface area contributed by atoms with E-state index >= 15 is 0 Å². The molecule has 1 saturated heterocycles. The minimum absolute atomic E-state index is 0.399. The molecular weight excluding hydrogens is 487 g/mol. The van der Waals surface area contributed by atoms with Crippen LogP contribution in [0.5, 0.6) is 0 Å². The lowest BCUT2D eigenvalue weighted by Gasteiger charge is -2.35. The van der Waals surface area contributed by atoms with Gasteiger partial charge in [0.05, 0.1) is 11.6 Å². The fourth-order valence-electron chi connectivity index (χ4n) is 4.05. The molecule has 10 heteroatoms. The third kappa shape index (κ3) is 7.23. The summed E-state index contributed by atoms with van der Waals surface area (Å²) in [5, 5.41) is 0.585. The number of ether oxygens (including phenoxy) is 1. The number of aliphatic imine (C=N–C) groups is 1. The summed E-state index contributed by atoms with van der Waals surface area (Å²) >= 11 is 8.26. The molecule has 188 valence electrons. The van der Waals surface area contributed by atoms with Gasteiger partial charge in [0.25, 0.3) is 0 Å². The standard InChI is InChI=1S/C24H31ClF3N3O2S/c1-23(2)16-29-14-18(19(23)15-33-22(32)24(26,27)28)17-5-6-21(20(25)13-17)34-12-4-7-31-10-8-30(3)9-11-31/h5-6,13-14,16,19H,4,7-12,15H2,1-3H3. The van der Waals surface area contributed by atoms with Crippen LogP contribution in [0, 0.1) is 11.3 Å². The van der Waals surface area contributed by atoms with Crippen LogP contribution in [0.3, 0.4) is 0 Å². The third-order valence-corrected chi connectivity index (χ3v) is 7.83. The minimum atomic E-state index is -5.02. The molecule has 34 heavy (non-hydrogen) atoms. The molecule has 3 rings (SSSR count). The van der Waals surface area contributed by atoms with Gasteiger partial charge in [-0.05, 0) is 49.0 Å². The first-order valence-corrected chi connectivity index (χ1v) is 12.7. The highest BCUT2D eigenvalue weighted by Crippen LogP contribution is 2.41. The third-order valence-electron chi connectivity index (χ3n) is 6.24. The second-order valence-corrected chi connectivity index (χ2v) is 10.9. The Labute approximate surface area is 208 Å². The predicted molar refractivity (Wildman–Crippen MR) is 131 cm³/mol. The van der Waals surface area contributed by atoms with Gasteiger partial charge in [-0.2, -0.15) is 13.2 Å². The summed E-state index contributed by atoms with van der Waals surface area (Å²) in [5.41, 5.74) is 0.847. The van der Waals surface area contributed by atoms with Crippen molar-refractivity contribution in [3.05, 3.63) is 35.0 Å². The van der Waals surface area contributed by atoms with Gasteiger partial charge in [-0.1, -0.05) is 31.5 Å². The fourth-order valence-corrected chi connectivity index (χ4v) is 5.25. The monoisotopic (exact) mass is 517 g/mol. The Kier molecular flexibility index (Phi) is 9.11. The number of alkyl halides is 3. The normalized spacial score (nSPS) is 21.4. The van der Waals surface area contributed by atoms with Gasteiger partial charge in [-0.3, -0.25) is 4.99 Å². The summed E-state index contributed by atoms with van der Waals surface area (Å²) in [6, 6.07) is 5.64. The first-order valence-electron chi connectivity index (χ1n) is 11.3. The molecular formula is C24H31ClF3N3O2S. The Morgan fingerprint density at radius 3 is 2.62 bits per heavy atom. The van der Waals surface area contributed by atoms with Crippen molar-refractivity contribution >= 4 is 41.1 Å². The molecule has 2 heterocycles. The molecule has 0 aromatic heterocycles. The van der Waals surface area contributed by atoms with E-state index in [1.807, 2.05) is 32.0 Å². The van der Waals surface area contributed by atoms with Gasteiger partial charge in [0.1, 0.15) is 0 Å². The molecule has 0 aliphatic carbocycles. The lowest BCUT2D eigenvalue weighted by atomic mass is 9.73. The van der Waals surface area contributed by atoms with Crippen LogP contribution in [-0.4, -0.2) is 80.3 Å². The number of halogens is 4. The number of rotatable bonds is 8. The number of thioether (sulfide) groups is 1. The van der Waals surface area contributed by atoms with Gasteiger partial charge >= 0.3 is 12.1 Å². The first kappa shape index (κ1) is 27.0. The Morgan fingerprint density at radius 2 is 1.97 bits per heavy atom. The first-order chi connectivity index (χ1) is 16.0. The Balaban J connectivity index is 1.61. The molecule has 0 N–H and O–H groups in total. The van der Waals surface area contributed by atoms with Gasteiger partial charge in [0, 0.05) is 54.8 Å². The molecule has 1 unspecified atom stereocenters. The van der Waals surface area contributed by atoms with E-state index in [2.05, 4.69) is 26.6 Å². The summed E-state index contributed by atoms with van der Waals surface area (Å²) in [4.78, 5) is 21.3. The van der Waals surface area contributed by atoms with Gasteiger partial charge < -0.3 is 14.5 Å². The van der Waals surface area contributed by atoms with Gasteiger partial charge in [0.2, 0.25) is 0 Å². The lowest BCUT2D eigenvalue weighted by Crippen LogP contribution is -2.44. The van der Waals surface area contributed by atoms with Crippen LogP contribution in [0.4, 0.5) is 13.2 Å². The van der Waals surface area contributed by atoms with E-state index in [1.54, 1.807) is 24.2 Å². The molecule has 0 spiro atoms. The summed E-state index contributed by atoms with van der Waals surface area (Å²) in [7, 11) is 2.15. The zero-order chi connectivity index (χ0) is 24.9. The Morgan fingerprint density at radius 1 is 1.26 bits per heavy atom. The second kappa shape index (κ2) is 11.5. The number of carbonyl (C=O) groups excluding carboxylic acids is 1. The van der Waals surface area contributed by atoms with E-state index in [0.717, 1.165) is 55.4 Å². The van der Waals surface area contributed by atoms with Crippen LogP contribution in [0.15, 0.2) is 34.3 Å². The highest BCUT2D eigenvalue weighted by molar-refractivity contribution is 7.99. The van der Waals surface area contributed by atoms with Crippen molar-refractivity contribution in [1.82, 2.24) is 9.80 Å². The average Bonchev–Trinajstić information content (AvgIpc) is 2.76. The fraction of sp³-hybridized carbons (Fsp3) is 0.583. The number of nitrogens with zero attached hydrogens (tertiary/aromatic N) is 3. The molecule has 2 aliphatic heterocycles. The molecule has 0 saturated carbocycles.